The standard InChI is InChI=1S/C22H44O2.C5H10O4/c1-2-3-4-5-6-7-8-9-10-11-12-13-14-15-16-17-18-19-20-21-22(23)24;6-3-1-2-5(8)9-4-7/h2-21H2,1H3,(H,23,24);6-7H,1-4H2. The summed E-state index contributed by atoms with van der Waals surface area (Å²) in [5.41, 5.74) is 0. The highest BCUT2D eigenvalue weighted by atomic mass is 16.6. The van der Waals surface area contributed by atoms with E-state index < -0.39 is 18.7 Å². The van der Waals surface area contributed by atoms with Crippen LogP contribution >= 0.6 is 0 Å². The van der Waals surface area contributed by atoms with E-state index in [9.17, 15) is 9.59 Å². The van der Waals surface area contributed by atoms with Gasteiger partial charge in [-0.05, 0) is 12.8 Å². The van der Waals surface area contributed by atoms with E-state index in [0.29, 0.717) is 12.8 Å². The number of carboxylic acid groups (broad SMARTS) is 1. The molecule has 0 aliphatic carbocycles. The maximum absolute atomic E-state index is 10.4. The van der Waals surface area contributed by atoms with Gasteiger partial charge in [-0.15, -0.1) is 0 Å². The van der Waals surface area contributed by atoms with Gasteiger partial charge in [0.1, 0.15) is 0 Å². The van der Waals surface area contributed by atoms with Gasteiger partial charge in [0, 0.05) is 19.4 Å². The summed E-state index contributed by atoms with van der Waals surface area (Å²) in [6, 6.07) is 0. The van der Waals surface area contributed by atoms with Crippen LogP contribution in [-0.2, 0) is 14.3 Å². The van der Waals surface area contributed by atoms with Crippen LogP contribution in [-0.4, -0.2) is 40.7 Å². The number of hydrogen-bond donors (Lipinski definition) is 3. The molecule has 0 spiro atoms. The Morgan fingerprint density at radius 2 is 0.909 bits per heavy atom. The van der Waals surface area contributed by atoms with Crippen LogP contribution in [0.5, 0.6) is 0 Å². The first-order valence-corrected chi connectivity index (χ1v) is 13.7. The van der Waals surface area contributed by atoms with Crippen molar-refractivity contribution in [2.24, 2.45) is 0 Å². The lowest BCUT2D eigenvalue weighted by molar-refractivity contribution is -0.152. The average Bonchev–Trinajstić information content (AvgIpc) is 2.79. The van der Waals surface area contributed by atoms with Gasteiger partial charge in [0.05, 0.1) is 0 Å². The van der Waals surface area contributed by atoms with Crippen LogP contribution < -0.4 is 0 Å². The van der Waals surface area contributed by atoms with Gasteiger partial charge in [0.15, 0.2) is 6.79 Å². The minimum Gasteiger partial charge on any atom is -0.481 e. The highest BCUT2D eigenvalue weighted by Gasteiger charge is 1.99. The summed E-state index contributed by atoms with van der Waals surface area (Å²) < 4.78 is 4.15. The van der Waals surface area contributed by atoms with E-state index in [0.717, 1.165) is 12.8 Å². The molecular formula is C27H54O6. The summed E-state index contributed by atoms with van der Waals surface area (Å²) in [5, 5.41) is 24.8. The minimum atomic E-state index is -0.651. The lowest BCUT2D eigenvalue weighted by Crippen LogP contribution is -2.05. The number of aliphatic hydroxyl groups excluding tert-OH is 2. The van der Waals surface area contributed by atoms with Crippen molar-refractivity contribution >= 4 is 11.9 Å². The molecule has 0 saturated carbocycles. The van der Waals surface area contributed by atoms with Crippen LogP contribution in [0.3, 0.4) is 0 Å². The van der Waals surface area contributed by atoms with E-state index in [2.05, 4.69) is 11.7 Å². The number of hydrogen-bond acceptors (Lipinski definition) is 5. The molecule has 0 aromatic rings. The SMILES string of the molecule is CCCCCCCCCCCCCCCCCCCCCC(=O)O.O=C(CCCO)OCO. The molecular weight excluding hydrogens is 420 g/mol. The number of aliphatic hydroxyl groups is 2. The van der Waals surface area contributed by atoms with Crippen LogP contribution in [0.25, 0.3) is 0 Å². The predicted octanol–water partition coefficient (Wildman–Crippen LogP) is 7.14. The minimum absolute atomic E-state index is 0.0273. The fourth-order valence-electron chi connectivity index (χ4n) is 3.72. The maximum Gasteiger partial charge on any atom is 0.307 e. The van der Waals surface area contributed by atoms with Crippen molar-refractivity contribution in [2.45, 2.75) is 148 Å². The molecule has 6 nitrogen and oxygen atoms in total. The molecule has 0 amide bonds. The average molecular weight is 475 g/mol. The monoisotopic (exact) mass is 474 g/mol. The smallest absolute Gasteiger partial charge is 0.307 e. The van der Waals surface area contributed by atoms with E-state index in [1.54, 1.807) is 0 Å². The molecule has 0 bridgehead atoms. The third-order valence-electron chi connectivity index (χ3n) is 5.76. The van der Waals surface area contributed by atoms with Crippen molar-refractivity contribution in [1.82, 2.24) is 0 Å². The van der Waals surface area contributed by atoms with Gasteiger partial charge in [-0.1, -0.05) is 122 Å². The van der Waals surface area contributed by atoms with E-state index >= 15 is 0 Å². The summed E-state index contributed by atoms with van der Waals surface area (Å²) >= 11 is 0. The Bertz CT molecular complexity index is 400. The largest absolute Gasteiger partial charge is 0.481 e. The van der Waals surface area contributed by atoms with E-state index in [1.165, 1.54) is 109 Å². The molecule has 0 unspecified atom stereocenters. The molecule has 3 N–H and O–H groups in total. The van der Waals surface area contributed by atoms with Crippen molar-refractivity contribution in [3.05, 3.63) is 0 Å². The highest BCUT2D eigenvalue weighted by Crippen LogP contribution is 2.14. The van der Waals surface area contributed by atoms with E-state index in [-0.39, 0.29) is 13.0 Å². The van der Waals surface area contributed by atoms with Gasteiger partial charge in [-0.25, -0.2) is 0 Å². The molecule has 0 heterocycles. The quantitative estimate of drug-likeness (QED) is 0.0780. The lowest BCUT2D eigenvalue weighted by Gasteiger charge is -2.03. The number of unbranched alkanes of at least 4 members (excludes halogenated alkanes) is 18. The molecule has 0 saturated heterocycles. The number of esters is 1. The Kier molecular flexibility index (Phi) is 31.8. The van der Waals surface area contributed by atoms with Gasteiger partial charge in [0.25, 0.3) is 0 Å². The number of carbonyl (C=O) groups excluding carboxylic acids is 1. The molecule has 0 aromatic heterocycles. The van der Waals surface area contributed by atoms with E-state index in [1.807, 2.05) is 0 Å². The van der Waals surface area contributed by atoms with Crippen LogP contribution in [0.2, 0.25) is 0 Å². The normalized spacial score (nSPS) is 10.5. The van der Waals surface area contributed by atoms with Gasteiger partial charge in [-0.2, -0.15) is 0 Å². The topological polar surface area (TPSA) is 104 Å². The first-order chi connectivity index (χ1) is 16.1. The van der Waals surface area contributed by atoms with Gasteiger partial charge < -0.3 is 20.1 Å². The number of aliphatic carboxylic acids is 1. The molecule has 0 radical (unpaired) electrons. The molecule has 0 atom stereocenters. The molecule has 33 heavy (non-hydrogen) atoms. The number of rotatable bonds is 24. The highest BCUT2D eigenvalue weighted by molar-refractivity contribution is 5.69. The Hall–Kier alpha value is -1.14. The molecule has 0 rings (SSSR count). The fraction of sp³-hybridized carbons (Fsp3) is 0.926. The Morgan fingerprint density at radius 3 is 1.21 bits per heavy atom. The molecule has 0 aliphatic rings. The number of ether oxygens (including phenoxy) is 1. The predicted molar refractivity (Wildman–Crippen MR) is 135 cm³/mol. The Labute approximate surface area is 203 Å². The first-order valence-electron chi connectivity index (χ1n) is 13.7. The summed E-state index contributed by atoms with van der Waals surface area (Å²) in [4.78, 5) is 20.7. The molecule has 0 fully saturated rings. The summed E-state index contributed by atoms with van der Waals surface area (Å²) in [6.45, 7) is 1.68. The summed E-state index contributed by atoms with van der Waals surface area (Å²) in [5.74, 6) is -1.13. The van der Waals surface area contributed by atoms with Crippen LogP contribution in [0.1, 0.15) is 148 Å². The lowest BCUT2D eigenvalue weighted by atomic mass is 10.0. The number of carbonyl (C=O) groups is 2. The second-order valence-electron chi connectivity index (χ2n) is 8.98. The Balaban J connectivity index is 0. The van der Waals surface area contributed by atoms with Crippen molar-refractivity contribution in [1.29, 1.82) is 0 Å². The second-order valence-corrected chi connectivity index (χ2v) is 8.98. The van der Waals surface area contributed by atoms with Crippen molar-refractivity contribution in [2.75, 3.05) is 13.4 Å². The van der Waals surface area contributed by atoms with E-state index in [4.69, 9.17) is 15.3 Å². The zero-order chi connectivity index (χ0) is 24.8. The zero-order valence-electron chi connectivity index (χ0n) is 21.5. The van der Waals surface area contributed by atoms with Crippen molar-refractivity contribution < 1.29 is 29.6 Å². The third kappa shape index (κ3) is 35.6. The second kappa shape index (κ2) is 30.9. The molecule has 6 heteroatoms. The summed E-state index contributed by atoms with van der Waals surface area (Å²) in [7, 11) is 0. The van der Waals surface area contributed by atoms with Crippen molar-refractivity contribution in [3.63, 3.8) is 0 Å². The van der Waals surface area contributed by atoms with Crippen LogP contribution in [0, 0.1) is 0 Å². The molecule has 198 valence electrons. The van der Waals surface area contributed by atoms with Crippen LogP contribution in [0.15, 0.2) is 0 Å². The Morgan fingerprint density at radius 1 is 0.545 bits per heavy atom. The van der Waals surface area contributed by atoms with Gasteiger partial charge in [0.2, 0.25) is 0 Å². The molecule has 0 aromatic carbocycles. The third-order valence-corrected chi connectivity index (χ3v) is 5.76. The van der Waals surface area contributed by atoms with Crippen molar-refractivity contribution in [3.8, 4) is 0 Å². The zero-order valence-corrected chi connectivity index (χ0v) is 21.5. The molecule has 0 aliphatic heterocycles. The van der Waals surface area contributed by atoms with Gasteiger partial charge >= 0.3 is 11.9 Å². The first kappa shape index (κ1) is 34.0. The fourth-order valence-corrected chi connectivity index (χ4v) is 3.72. The van der Waals surface area contributed by atoms with Gasteiger partial charge in [-0.3, -0.25) is 9.59 Å². The van der Waals surface area contributed by atoms with Crippen LogP contribution in [0.4, 0.5) is 0 Å². The maximum atomic E-state index is 10.4. The summed E-state index contributed by atoms with van der Waals surface area (Å²) in [6.07, 6.45) is 26.6. The number of carboxylic acids is 1.